The number of amidine groups is 1. The largest absolute Gasteiger partial charge is 0.418 e. The van der Waals surface area contributed by atoms with Gasteiger partial charge in [-0.3, -0.25) is 20.1 Å². The van der Waals surface area contributed by atoms with Crippen molar-refractivity contribution in [3.05, 3.63) is 41.6 Å². The van der Waals surface area contributed by atoms with Gasteiger partial charge in [0.25, 0.3) is 0 Å². The number of hydrogen-bond donors (Lipinski definition) is 1. The molecule has 5 rings (SSSR count). The van der Waals surface area contributed by atoms with Gasteiger partial charge in [0.15, 0.2) is 5.82 Å². The fraction of sp³-hybridized carbons (Fsp3) is 0.591. The average Bonchev–Trinajstić information content (AvgIpc) is 3.38. The summed E-state index contributed by atoms with van der Waals surface area (Å²) in [5, 5.41) is 2.93. The molecular weight excluding hydrogens is 437 g/mol. The third kappa shape index (κ3) is 4.43. The first-order valence-corrected chi connectivity index (χ1v) is 11.3. The van der Waals surface area contributed by atoms with E-state index in [1.165, 1.54) is 12.3 Å². The maximum absolute atomic E-state index is 13.4. The Morgan fingerprint density at radius 2 is 2.03 bits per heavy atom. The molecule has 8 nitrogen and oxygen atoms in total. The van der Waals surface area contributed by atoms with Gasteiger partial charge in [0.05, 0.1) is 11.3 Å². The molecule has 178 valence electrons. The van der Waals surface area contributed by atoms with Crippen molar-refractivity contribution in [3.8, 4) is 0 Å². The number of rotatable bonds is 4. The quantitative estimate of drug-likeness (QED) is 0.742. The van der Waals surface area contributed by atoms with Crippen molar-refractivity contribution in [2.24, 2.45) is 16.8 Å². The van der Waals surface area contributed by atoms with E-state index < -0.39 is 11.7 Å². The number of carbonyl (C=O) groups is 1. The first-order chi connectivity index (χ1) is 15.8. The maximum Gasteiger partial charge on any atom is 0.418 e. The maximum atomic E-state index is 13.4. The minimum atomic E-state index is -4.44. The molecular formula is C22H27F3N6O2. The molecule has 33 heavy (non-hydrogen) atoms. The summed E-state index contributed by atoms with van der Waals surface area (Å²) in [6, 6.07) is 2.48. The molecule has 2 saturated heterocycles. The second kappa shape index (κ2) is 8.60. The minimum absolute atomic E-state index is 0.0178. The van der Waals surface area contributed by atoms with Gasteiger partial charge in [-0.05, 0) is 30.9 Å². The number of pyridine rings is 1. The SMILES string of the molecule is CC1CN(Cc2ncccc2C(F)(F)F)CC1C1=NC2=CN(C3CCOCC3)CN2C(=O)N1. The van der Waals surface area contributed by atoms with E-state index in [1.54, 1.807) is 4.90 Å². The Balaban J connectivity index is 1.31. The molecule has 0 saturated carbocycles. The third-order valence-corrected chi connectivity index (χ3v) is 6.85. The summed E-state index contributed by atoms with van der Waals surface area (Å²) in [7, 11) is 0. The van der Waals surface area contributed by atoms with Crippen molar-refractivity contribution in [3.63, 3.8) is 0 Å². The molecule has 2 fully saturated rings. The summed E-state index contributed by atoms with van der Waals surface area (Å²) in [6.07, 6.45) is 0.716. The van der Waals surface area contributed by atoms with Gasteiger partial charge in [0.2, 0.25) is 0 Å². The Morgan fingerprint density at radius 3 is 2.79 bits per heavy atom. The van der Waals surface area contributed by atoms with Crippen LogP contribution in [0, 0.1) is 11.8 Å². The van der Waals surface area contributed by atoms with Crippen molar-refractivity contribution in [1.29, 1.82) is 0 Å². The fourth-order valence-corrected chi connectivity index (χ4v) is 5.08. The summed E-state index contributed by atoms with van der Waals surface area (Å²) in [4.78, 5) is 27.3. The highest BCUT2D eigenvalue weighted by Gasteiger charge is 2.41. The van der Waals surface area contributed by atoms with Crippen LogP contribution in [0.25, 0.3) is 0 Å². The zero-order valence-corrected chi connectivity index (χ0v) is 18.4. The standard InChI is InChI=1S/C22H27F3N6O2/c1-14-9-29(11-18-17(22(23,24)25)3-2-6-26-18)10-16(14)20-27-19-12-30(13-31(19)21(32)28-20)15-4-7-33-8-5-15/h2-3,6,12,14-16H,4-5,7-11,13H2,1H3,(H,27,28,32). The number of hydrogen-bond acceptors (Lipinski definition) is 6. The number of likely N-dealkylation sites (tertiary alicyclic amines) is 1. The minimum Gasteiger partial charge on any atom is -0.381 e. The average molecular weight is 464 g/mol. The second-order valence-electron chi connectivity index (χ2n) is 9.11. The molecule has 5 heterocycles. The zero-order chi connectivity index (χ0) is 23.2. The van der Waals surface area contributed by atoms with Crippen molar-refractivity contribution < 1.29 is 22.7 Å². The van der Waals surface area contributed by atoms with Crippen LogP contribution in [-0.4, -0.2) is 70.6 Å². The Hall–Kier alpha value is -2.66. The first kappa shape index (κ1) is 22.1. The Kier molecular flexibility index (Phi) is 5.77. The number of fused-ring (bicyclic) bond motifs is 1. The number of aliphatic imine (C=N–C) groups is 1. The highest BCUT2D eigenvalue weighted by molar-refractivity contribution is 6.02. The van der Waals surface area contributed by atoms with E-state index in [-0.39, 0.29) is 30.1 Å². The smallest absolute Gasteiger partial charge is 0.381 e. The first-order valence-electron chi connectivity index (χ1n) is 11.3. The van der Waals surface area contributed by atoms with E-state index in [0.29, 0.717) is 50.7 Å². The van der Waals surface area contributed by atoms with Crippen LogP contribution < -0.4 is 5.32 Å². The molecule has 0 bridgehead atoms. The van der Waals surface area contributed by atoms with Crippen molar-refractivity contribution >= 4 is 11.9 Å². The van der Waals surface area contributed by atoms with Crippen LogP contribution in [0.2, 0.25) is 0 Å². The molecule has 4 aliphatic rings. The zero-order valence-electron chi connectivity index (χ0n) is 18.4. The number of carbonyl (C=O) groups excluding carboxylic acids is 1. The predicted octanol–water partition coefficient (Wildman–Crippen LogP) is 2.84. The lowest BCUT2D eigenvalue weighted by Gasteiger charge is -2.32. The fourth-order valence-electron chi connectivity index (χ4n) is 5.08. The molecule has 0 aromatic carbocycles. The van der Waals surface area contributed by atoms with E-state index in [0.717, 1.165) is 18.9 Å². The molecule has 1 N–H and O–H groups in total. The van der Waals surface area contributed by atoms with Crippen molar-refractivity contribution in [2.75, 3.05) is 33.0 Å². The van der Waals surface area contributed by atoms with E-state index in [2.05, 4.69) is 15.2 Å². The van der Waals surface area contributed by atoms with Crippen LogP contribution in [0.4, 0.5) is 18.0 Å². The van der Waals surface area contributed by atoms with Crippen molar-refractivity contribution in [2.45, 2.75) is 38.5 Å². The second-order valence-corrected chi connectivity index (χ2v) is 9.11. The van der Waals surface area contributed by atoms with Crippen molar-refractivity contribution in [1.82, 2.24) is 25.0 Å². The number of halogens is 3. The normalized spacial score (nSPS) is 26.8. The summed E-state index contributed by atoms with van der Waals surface area (Å²) in [6.45, 7) is 5.14. The third-order valence-electron chi connectivity index (χ3n) is 6.85. The Labute approximate surface area is 190 Å². The van der Waals surface area contributed by atoms with E-state index in [9.17, 15) is 18.0 Å². The number of nitrogens with one attached hydrogen (secondary N) is 1. The summed E-state index contributed by atoms with van der Waals surface area (Å²) >= 11 is 0. The lowest BCUT2D eigenvalue weighted by molar-refractivity contribution is -0.138. The van der Waals surface area contributed by atoms with Crippen LogP contribution in [-0.2, 0) is 17.5 Å². The lowest BCUT2D eigenvalue weighted by atomic mass is 9.96. The summed E-state index contributed by atoms with van der Waals surface area (Å²) in [5.74, 6) is 1.26. The predicted molar refractivity (Wildman–Crippen MR) is 114 cm³/mol. The van der Waals surface area contributed by atoms with E-state index >= 15 is 0 Å². The number of nitrogens with zero attached hydrogens (tertiary/aromatic N) is 5. The highest BCUT2D eigenvalue weighted by atomic mass is 19.4. The van der Waals surface area contributed by atoms with Gasteiger partial charge in [-0.1, -0.05) is 6.92 Å². The number of amides is 2. The van der Waals surface area contributed by atoms with Crippen LogP contribution in [0.3, 0.4) is 0 Å². The molecule has 0 radical (unpaired) electrons. The number of ether oxygens (including phenoxy) is 1. The van der Waals surface area contributed by atoms with Gasteiger partial charge >= 0.3 is 12.2 Å². The molecule has 11 heteroatoms. The Bertz CT molecular complexity index is 975. The number of aromatic nitrogens is 1. The Morgan fingerprint density at radius 1 is 1.24 bits per heavy atom. The van der Waals surface area contributed by atoms with Crippen LogP contribution in [0.5, 0.6) is 0 Å². The van der Waals surface area contributed by atoms with Crippen LogP contribution in [0.1, 0.15) is 31.0 Å². The van der Waals surface area contributed by atoms with Gasteiger partial charge in [-0.25, -0.2) is 9.79 Å². The number of urea groups is 1. The molecule has 4 aliphatic heterocycles. The van der Waals surface area contributed by atoms with E-state index in [1.807, 2.05) is 18.0 Å². The summed E-state index contributed by atoms with van der Waals surface area (Å²) in [5.41, 5.74) is -0.686. The van der Waals surface area contributed by atoms with Crippen LogP contribution >= 0.6 is 0 Å². The highest BCUT2D eigenvalue weighted by Crippen LogP contribution is 2.34. The number of alkyl halides is 3. The molecule has 0 spiro atoms. The topological polar surface area (TPSA) is 73.3 Å². The van der Waals surface area contributed by atoms with Gasteiger partial charge in [-0.15, -0.1) is 0 Å². The van der Waals surface area contributed by atoms with E-state index in [4.69, 9.17) is 9.73 Å². The molecule has 2 unspecified atom stereocenters. The lowest BCUT2D eigenvalue weighted by Crippen LogP contribution is -2.50. The van der Waals surface area contributed by atoms with Crippen LogP contribution in [0.15, 0.2) is 35.3 Å². The van der Waals surface area contributed by atoms with Gasteiger partial charge < -0.3 is 9.64 Å². The van der Waals surface area contributed by atoms with Gasteiger partial charge in [0.1, 0.15) is 12.5 Å². The molecule has 2 amide bonds. The molecule has 1 aromatic heterocycles. The molecule has 1 aromatic rings. The van der Waals surface area contributed by atoms with Gasteiger partial charge in [-0.2, -0.15) is 13.2 Å². The molecule has 0 aliphatic carbocycles. The monoisotopic (exact) mass is 464 g/mol. The summed E-state index contributed by atoms with van der Waals surface area (Å²) < 4.78 is 45.5. The van der Waals surface area contributed by atoms with Gasteiger partial charge in [0, 0.05) is 57.2 Å². The molecule has 2 atom stereocenters.